The Bertz CT molecular complexity index is 255. The summed E-state index contributed by atoms with van der Waals surface area (Å²) in [7, 11) is 0. The summed E-state index contributed by atoms with van der Waals surface area (Å²) in [6.45, 7) is 6.47. The first-order valence-electron chi connectivity index (χ1n) is 6.70. The second-order valence-corrected chi connectivity index (χ2v) is 5.06. The lowest BCUT2D eigenvalue weighted by atomic mass is 10.0. The van der Waals surface area contributed by atoms with Crippen LogP contribution in [0.5, 0.6) is 0 Å². The Morgan fingerprint density at radius 1 is 1.06 bits per heavy atom. The van der Waals surface area contributed by atoms with Gasteiger partial charge in [-0.2, -0.15) is 0 Å². The molecule has 0 aliphatic rings. The van der Waals surface area contributed by atoms with Gasteiger partial charge in [0.05, 0.1) is 0 Å². The van der Waals surface area contributed by atoms with Crippen LogP contribution in [0.4, 0.5) is 4.79 Å². The van der Waals surface area contributed by atoms with E-state index in [1.807, 2.05) is 0 Å². The van der Waals surface area contributed by atoms with Gasteiger partial charge >= 0.3 is 12.0 Å². The van der Waals surface area contributed by atoms with E-state index in [1.54, 1.807) is 0 Å². The number of carbonyl (C=O) groups excluding carboxylic acids is 1. The molecule has 2 amide bonds. The number of aliphatic carboxylic acids is 1. The van der Waals surface area contributed by atoms with E-state index in [4.69, 9.17) is 5.11 Å². The average Bonchev–Trinajstić information content (AvgIpc) is 2.27. The van der Waals surface area contributed by atoms with Gasteiger partial charge in [-0.25, -0.2) is 4.79 Å². The van der Waals surface area contributed by atoms with Gasteiger partial charge in [0, 0.05) is 6.54 Å². The Balaban J connectivity index is 3.38. The first kappa shape index (κ1) is 16.7. The van der Waals surface area contributed by atoms with Gasteiger partial charge in [-0.1, -0.05) is 39.5 Å². The van der Waals surface area contributed by atoms with E-state index in [-0.39, 0.29) is 0 Å². The number of nitrogens with one attached hydrogen (secondary N) is 2. The molecule has 1 atom stereocenters. The van der Waals surface area contributed by atoms with Crippen LogP contribution < -0.4 is 10.6 Å². The molecule has 5 heteroatoms. The molecule has 0 radical (unpaired) electrons. The number of unbranched alkanes of at least 4 members (excludes halogenated alkanes) is 3. The zero-order valence-electron chi connectivity index (χ0n) is 11.7. The van der Waals surface area contributed by atoms with Crippen molar-refractivity contribution in [3.8, 4) is 0 Å². The van der Waals surface area contributed by atoms with Gasteiger partial charge in [0.1, 0.15) is 6.04 Å². The van der Waals surface area contributed by atoms with Crippen LogP contribution in [-0.2, 0) is 4.79 Å². The molecule has 0 heterocycles. The van der Waals surface area contributed by atoms with Gasteiger partial charge in [-0.15, -0.1) is 0 Å². The van der Waals surface area contributed by atoms with Crippen molar-refractivity contribution in [3.63, 3.8) is 0 Å². The second kappa shape index (κ2) is 9.74. The largest absolute Gasteiger partial charge is 0.480 e. The lowest BCUT2D eigenvalue weighted by Gasteiger charge is -2.10. The zero-order valence-corrected chi connectivity index (χ0v) is 11.7. The van der Waals surface area contributed by atoms with E-state index in [0.29, 0.717) is 6.54 Å². The van der Waals surface area contributed by atoms with Crippen molar-refractivity contribution < 1.29 is 14.7 Å². The van der Waals surface area contributed by atoms with Crippen molar-refractivity contribution in [3.05, 3.63) is 0 Å². The molecule has 0 aromatic heterocycles. The summed E-state index contributed by atoms with van der Waals surface area (Å²) in [5, 5.41) is 13.6. The molecule has 0 unspecified atom stereocenters. The number of amides is 2. The topological polar surface area (TPSA) is 78.4 Å². The highest BCUT2D eigenvalue weighted by Crippen LogP contribution is 2.08. The molecule has 0 fully saturated rings. The van der Waals surface area contributed by atoms with Gasteiger partial charge in [0.15, 0.2) is 0 Å². The number of carboxylic acid groups (broad SMARTS) is 1. The number of hydrogen-bond acceptors (Lipinski definition) is 2. The first-order valence-corrected chi connectivity index (χ1v) is 6.70. The van der Waals surface area contributed by atoms with Crippen molar-refractivity contribution in [1.29, 1.82) is 0 Å². The van der Waals surface area contributed by atoms with Crippen molar-refractivity contribution in [2.45, 2.75) is 58.9 Å². The average molecular weight is 258 g/mol. The summed E-state index contributed by atoms with van der Waals surface area (Å²) < 4.78 is 0. The third kappa shape index (κ3) is 9.93. The van der Waals surface area contributed by atoms with Crippen LogP contribution in [0, 0.1) is 5.92 Å². The molecule has 0 saturated carbocycles. The van der Waals surface area contributed by atoms with Crippen molar-refractivity contribution in [2.75, 3.05) is 6.54 Å². The third-order valence-corrected chi connectivity index (χ3v) is 2.71. The Labute approximate surface area is 109 Å². The molecule has 0 aromatic rings. The van der Waals surface area contributed by atoms with E-state index in [2.05, 4.69) is 24.5 Å². The van der Waals surface area contributed by atoms with Crippen LogP contribution in [0.1, 0.15) is 52.9 Å². The standard InChI is InChI=1S/C13H26N2O3/c1-10(2)8-6-4-5-7-9-14-13(18)15-11(3)12(16)17/h10-11H,4-9H2,1-3H3,(H,16,17)(H2,14,15,18)/t11-/m1/s1. The molecule has 0 rings (SSSR count). The molecule has 0 bridgehead atoms. The van der Waals surface area contributed by atoms with Crippen LogP contribution in [0.25, 0.3) is 0 Å². The maximum absolute atomic E-state index is 11.3. The van der Waals surface area contributed by atoms with E-state index < -0.39 is 18.0 Å². The molecular weight excluding hydrogens is 232 g/mol. The predicted octanol–water partition coefficient (Wildman–Crippen LogP) is 2.37. The molecule has 18 heavy (non-hydrogen) atoms. The van der Waals surface area contributed by atoms with Crippen LogP contribution in [0.15, 0.2) is 0 Å². The lowest BCUT2D eigenvalue weighted by molar-refractivity contribution is -0.138. The maximum atomic E-state index is 11.3. The third-order valence-electron chi connectivity index (χ3n) is 2.71. The number of carboxylic acids is 1. The molecular formula is C13H26N2O3. The summed E-state index contributed by atoms with van der Waals surface area (Å²) >= 11 is 0. The molecule has 0 spiro atoms. The minimum absolute atomic E-state index is 0.410. The predicted molar refractivity (Wildman–Crippen MR) is 71.6 cm³/mol. The monoisotopic (exact) mass is 258 g/mol. The molecule has 0 aromatic carbocycles. The Hall–Kier alpha value is -1.26. The van der Waals surface area contributed by atoms with Gasteiger partial charge in [0.25, 0.3) is 0 Å². The van der Waals surface area contributed by atoms with Gasteiger partial charge in [-0.3, -0.25) is 4.79 Å². The minimum atomic E-state index is -1.03. The fourth-order valence-corrected chi connectivity index (χ4v) is 1.54. The SMILES string of the molecule is CC(C)CCCCCCNC(=O)N[C@H](C)C(=O)O. The normalized spacial score (nSPS) is 12.2. The second-order valence-electron chi connectivity index (χ2n) is 5.06. The zero-order chi connectivity index (χ0) is 14.0. The van der Waals surface area contributed by atoms with E-state index in [9.17, 15) is 9.59 Å². The quantitative estimate of drug-likeness (QED) is 0.555. The first-order chi connectivity index (χ1) is 8.43. The molecule has 3 N–H and O–H groups in total. The number of urea groups is 1. The van der Waals surface area contributed by atoms with Gasteiger partial charge < -0.3 is 15.7 Å². The fraction of sp³-hybridized carbons (Fsp3) is 0.846. The van der Waals surface area contributed by atoms with Crippen molar-refractivity contribution in [1.82, 2.24) is 10.6 Å². The van der Waals surface area contributed by atoms with Crippen LogP contribution in [-0.4, -0.2) is 29.7 Å². The van der Waals surface area contributed by atoms with E-state index >= 15 is 0 Å². The Kier molecular flexibility index (Phi) is 9.06. The molecule has 0 aliphatic heterocycles. The highest BCUT2D eigenvalue weighted by atomic mass is 16.4. The van der Waals surface area contributed by atoms with Crippen LogP contribution in [0.2, 0.25) is 0 Å². The summed E-state index contributed by atoms with van der Waals surface area (Å²) in [6.07, 6.45) is 5.71. The number of rotatable bonds is 9. The van der Waals surface area contributed by atoms with Gasteiger partial charge in [-0.05, 0) is 19.3 Å². The molecule has 0 aliphatic carbocycles. The highest BCUT2D eigenvalue weighted by molar-refractivity contribution is 5.82. The van der Waals surface area contributed by atoms with E-state index in [1.165, 1.54) is 26.2 Å². The van der Waals surface area contributed by atoms with Crippen LogP contribution in [0.3, 0.4) is 0 Å². The van der Waals surface area contributed by atoms with Crippen LogP contribution >= 0.6 is 0 Å². The highest BCUT2D eigenvalue weighted by Gasteiger charge is 2.12. The Morgan fingerprint density at radius 2 is 1.67 bits per heavy atom. The summed E-state index contributed by atoms with van der Waals surface area (Å²) in [5.74, 6) is -0.273. The number of carbonyl (C=O) groups is 2. The minimum Gasteiger partial charge on any atom is -0.480 e. The summed E-state index contributed by atoms with van der Waals surface area (Å²) in [6, 6.07) is -1.26. The number of hydrogen-bond donors (Lipinski definition) is 3. The Morgan fingerprint density at radius 3 is 2.22 bits per heavy atom. The molecule has 0 saturated heterocycles. The van der Waals surface area contributed by atoms with Crippen molar-refractivity contribution >= 4 is 12.0 Å². The fourth-order valence-electron chi connectivity index (χ4n) is 1.54. The van der Waals surface area contributed by atoms with Gasteiger partial charge in [0.2, 0.25) is 0 Å². The molecule has 106 valence electrons. The maximum Gasteiger partial charge on any atom is 0.325 e. The van der Waals surface area contributed by atoms with Crippen molar-refractivity contribution in [2.24, 2.45) is 5.92 Å². The summed E-state index contributed by atoms with van der Waals surface area (Å²) in [5.41, 5.74) is 0. The lowest BCUT2D eigenvalue weighted by Crippen LogP contribution is -2.44. The molecule has 5 nitrogen and oxygen atoms in total. The summed E-state index contributed by atoms with van der Waals surface area (Å²) in [4.78, 5) is 21.7. The van der Waals surface area contributed by atoms with E-state index in [0.717, 1.165) is 18.8 Å². The smallest absolute Gasteiger partial charge is 0.325 e.